The maximum absolute atomic E-state index is 12.2. The minimum atomic E-state index is -1.26. The molecule has 1 aromatic carbocycles. The Morgan fingerprint density at radius 3 is 2.60 bits per heavy atom. The Bertz CT molecular complexity index is 1370. The molecule has 1 unspecified atom stereocenters. The van der Waals surface area contributed by atoms with Crippen molar-refractivity contribution in [3.05, 3.63) is 77.4 Å². The summed E-state index contributed by atoms with van der Waals surface area (Å²) in [5.74, 6) is 1.51. The number of rotatable bonds is 12. The van der Waals surface area contributed by atoms with Crippen molar-refractivity contribution in [2.75, 3.05) is 29.9 Å². The zero-order chi connectivity index (χ0) is 29.9. The molecule has 0 spiro atoms. The molecule has 10 nitrogen and oxygen atoms in total. The van der Waals surface area contributed by atoms with Gasteiger partial charge in [0, 0.05) is 48.9 Å². The topological polar surface area (TPSA) is 130 Å². The molecule has 1 atom stereocenters. The highest BCUT2D eigenvalue weighted by Crippen LogP contribution is 2.31. The quantitative estimate of drug-likeness (QED) is 0.258. The van der Waals surface area contributed by atoms with Gasteiger partial charge < -0.3 is 20.1 Å². The van der Waals surface area contributed by atoms with Gasteiger partial charge in [-0.3, -0.25) is 0 Å². The van der Waals surface area contributed by atoms with Gasteiger partial charge in [-0.2, -0.15) is 4.99 Å². The van der Waals surface area contributed by atoms with Crippen molar-refractivity contribution in [3.8, 4) is 0 Å². The fraction of sp³-hybridized carbons (Fsp3) is 0.438. The van der Waals surface area contributed by atoms with Crippen molar-refractivity contribution in [1.29, 1.82) is 0 Å². The number of aliphatic imine (C=N–C) groups is 1. The number of aromatic nitrogens is 3. The van der Waals surface area contributed by atoms with Crippen LogP contribution in [0.5, 0.6) is 0 Å². The van der Waals surface area contributed by atoms with Crippen LogP contribution in [0.2, 0.25) is 0 Å². The van der Waals surface area contributed by atoms with E-state index < -0.39 is 12.1 Å². The lowest BCUT2D eigenvalue weighted by atomic mass is 9.92. The number of nitrogens with one attached hydrogen (secondary N) is 1. The van der Waals surface area contributed by atoms with Crippen LogP contribution in [0.25, 0.3) is 0 Å². The van der Waals surface area contributed by atoms with E-state index in [0.717, 1.165) is 73.0 Å². The number of ether oxygens (including phenoxy) is 1. The summed E-state index contributed by atoms with van der Waals surface area (Å²) in [6, 6.07) is 15.4. The number of aliphatic carboxylic acids is 1. The highest BCUT2D eigenvalue weighted by atomic mass is 16.5. The first-order chi connectivity index (χ1) is 20.3. The van der Waals surface area contributed by atoms with E-state index in [4.69, 9.17) is 9.72 Å². The first kappa shape index (κ1) is 30.6. The lowest BCUT2D eigenvalue weighted by Gasteiger charge is -2.33. The molecule has 0 radical (unpaired) electrons. The van der Waals surface area contributed by atoms with Gasteiger partial charge in [-0.1, -0.05) is 56.7 Å². The van der Waals surface area contributed by atoms with E-state index in [0.29, 0.717) is 18.3 Å². The summed E-state index contributed by atoms with van der Waals surface area (Å²) in [6.45, 7) is 9.00. The van der Waals surface area contributed by atoms with E-state index in [1.807, 2.05) is 43.3 Å². The molecular formula is C32H40N6O4. The maximum atomic E-state index is 12.2. The van der Waals surface area contributed by atoms with Crippen molar-refractivity contribution >= 4 is 29.4 Å². The molecule has 1 saturated heterocycles. The van der Waals surface area contributed by atoms with Gasteiger partial charge in [-0.25, -0.2) is 24.5 Å². The molecule has 3 aromatic rings. The molecule has 42 heavy (non-hydrogen) atoms. The number of benzene rings is 1. The molecule has 1 aliphatic rings. The molecule has 1 fully saturated rings. The van der Waals surface area contributed by atoms with Crippen molar-refractivity contribution in [2.24, 2.45) is 10.9 Å². The summed E-state index contributed by atoms with van der Waals surface area (Å²) in [7, 11) is 0. The minimum Gasteiger partial charge on any atom is -0.477 e. The van der Waals surface area contributed by atoms with Crippen LogP contribution in [-0.2, 0) is 22.6 Å². The third kappa shape index (κ3) is 8.58. The number of pyridine rings is 1. The molecule has 0 bridgehead atoms. The SMILES string of the molecule is CCC(C)CNc1cccc(C2CCN(c3ncnc(CC/C(=N\C(=O)OCc4ccccc4)C(=O)O)c3C)CC2)n1. The Hall–Kier alpha value is -4.34. The molecule has 2 aromatic heterocycles. The van der Waals surface area contributed by atoms with Gasteiger partial charge in [0.25, 0.3) is 0 Å². The fourth-order valence-electron chi connectivity index (χ4n) is 4.94. The number of aryl methyl sites for hydroxylation is 1. The van der Waals surface area contributed by atoms with Crippen LogP contribution in [0.4, 0.5) is 16.4 Å². The summed E-state index contributed by atoms with van der Waals surface area (Å²) in [5.41, 5.74) is 3.29. The van der Waals surface area contributed by atoms with Gasteiger partial charge in [0.05, 0.1) is 0 Å². The van der Waals surface area contributed by atoms with Crippen LogP contribution in [-0.4, -0.2) is 57.5 Å². The Morgan fingerprint density at radius 2 is 1.88 bits per heavy atom. The van der Waals surface area contributed by atoms with Crippen LogP contribution in [0.1, 0.15) is 68.0 Å². The van der Waals surface area contributed by atoms with Crippen LogP contribution < -0.4 is 10.2 Å². The van der Waals surface area contributed by atoms with Crippen molar-refractivity contribution in [2.45, 2.75) is 65.4 Å². The van der Waals surface area contributed by atoms with Crippen LogP contribution in [0, 0.1) is 12.8 Å². The predicted octanol–water partition coefficient (Wildman–Crippen LogP) is 5.82. The summed E-state index contributed by atoms with van der Waals surface area (Å²) >= 11 is 0. The van der Waals surface area contributed by atoms with Crippen LogP contribution >= 0.6 is 0 Å². The van der Waals surface area contributed by atoms with Crippen LogP contribution in [0.15, 0.2) is 59.9 Å². The molecule has 0 aliphatic carbocycles. The number of carbonyl (C=O) groups is 2. The van der Waals surface area contributed by atoms with Gasteiger partial charge >= 0.3 is 12.1 Å². The largest absolute Gasteiger partial charge is 0.477 e. The molecule has 1 amide bonds. The summed E-state index contributed by atoms with van der Waals surface area (Å²) < 4.78 is 5.13. The number of carboxylic acid groups (broad SMARTS) is 1. The molecule has 10 heteroatoms. The van der Waals surface area contributed by atoms with Gasteiger partial charge in [0.1, 0.15) is 30.3 Å². The van der Waals surface area contributed by atoms with Crippen molar-refractivity contribution in [1.82, 2.24) is 15.0 Å². The Balaban J connectivity index is 1.34. The van der Waals surface area contributed by atoms with E-state index in [9.17, 15) is 14.7 Å². The average Bonchev–Trinajstić information content (AvgIpc) is 3.02. The fourth-order valence-corrected chi connectivity index (χ4v) is 4.94. The molecule has 1 aliphatic heterocycles. The monoisotopic (exact) mass is 572 g/mol. The second-order valence-electron chi connectivity index (χ2n) is 10.8. The molecule has 3 heterocycles. The van der Waals surface area contributed by atoms with Crippen molar-refractivity contribution < 1.29 is 19.4 Å². The van der Waals surface area contributed by atoms with E-state index >= 15 is 0 Å². The molecule has 4 rings (SSSR count). The van der Waals surface area contributed by atoms with E-state index in [-0.39, 0.29) is 18.7 Å². The second kappa shape index (κ2) is 15.0. The smallest absolute Gasteiger partial charge is 0.434 e. The number of carbonyl (C=O) groups excluding carboxylic acids is 1. The standard InChI is InChI=1S/C32H40N6O4/c1-4-22(2)19-33-29-12-8-11-27(36-29)25-15-17-38(18-16-25)30-23(3)26(34-21-35-30)13-14-28(31(39)40)37-32(41)42-20-24-9-6-5-7-10-24/h5-12,21-22,25H,4,13-20H2,1-3H3,(H,33,36)(H,39,40)/b37-28+. The Kier molecular flexibility index (Phi) is 11.0. The lowest BCUT2D eigenvalue weighted by Crippen LogP contribution is -2.34. The number of anilines is 2. The Labute approximate surface area is 247 Å². The highest BCUT2D eigenvalue weighted by Gasteiger charge is 2.25. The summed E-state index contributed by atoms with van der Waals surface area (Å²) in [5, 5.41) is 13.1. The molecular weight excluding hydrogens is 532 g/mol. The first-order valence-electron chi connectivity index (χ1n) is 14.6. The molecule has 222 valence electrons. The summed E-state index contributed by atoms with van der Waals surface area (Å²) in [6.07, 6.45) is 4.00. The zero-order valence-corrected chi connectivity index (χ0v) is 24.6. The van der Waals surface area contributed by atoms with Crippen LogP contribution in [0.3, 0.4) is 0 Å². The van der Waals surface area contributed by atoms with Gasteiger partial charge in [-0.15, -0.1) is 0 Å². The number of nitrogens with zero attached hydrogens (tertiary/aromatic N) is 5. The average molecular weight is 573 g/mol. The minimum absolute atomic E-state index is 0.0256. The number of hydrogen-bond acceptors (Lipinski definition) is 8. The lowest BCUT2D eigenvalue weighted by molar-refractivity contribution is -0.129. The van der Waals surface area contributed by atoms with Gasteiger partial charge in [-0.05, 0) is 49.8 Å². The number of hydrogen-bond donors (Lipinski definition) is 2. The normalized spacial score (nSPS) is 14.8. The third-order valence-corrected chi connectivity index (χ3v) is 7.75. The molecule has 0 saturated carbocycles. The second-order valence-corrected chi connectivity index (χ2v) is 10.8. The molecule has 2 N–H and O–H groups in total. The van der Waals surface area contributed by atoms with Gasteiger partial charge in [0.15, 0.2) is 0 Å². The summed E-state index contributed by atoms with van der Waals surface area (Å²) in [4.78, 5) is 43.8. The van der Waals surface area contributed by atoms with E-state index in [2.05, 4.69) is 51.2 Å². The number of piperidine rings is 1. The first-order valence-corrected chi connectivity index (χ1v) is 14.6. The zero-order valence-electron chi connectivity index (χ0n) is 24.6. The predicted molar refractivity (Wildman–Crippen MR) is 163 cm³/mol. The number of amides is 1. The third-order valence-electron chi connectivity index (χ3n) is 7.75. The highest BCUT2D eigenvalue weighted by molar-refractivity contribution is 6.37. The van der Waals surface area contributed by atoms with Crippen molar-refractivity contribution in [3.63, 3.8) is 0 Å². The maximum Gasteiger partial charge on any atom is 0.434 e. The van der Waals surface area contributed by atoms with E-state index in [1.165, 1.54) is 6.33 Å². The number of carboxylic acids is 1. The Morgan fingerprint density at radius 1 is 1.12 bits per heavy atom. The van der Waals surface area contributed by atoms with E-state index in [1.54, 1.807) is 0 Å². The van der Waals surface area contributed by atoms with Gasteiger partial charge in [0.2, 0.25) is 0 Å².